The lowest BCUT2D eigenvalue weighted by Gasteiger charge is -2.37. The van der Waals surface area contributed by atoms with Crippen LogP contribution in [0.3, 0.4) is 0 Å². The predicted molar refractivity (Wildman–Crippen MR) is 133 cm³/mol. The number of carbonyl (C=O) groups excluding carboxylic acids is 2. The minimum Gasteiger partial charge on any atom is -0.458 e. The first-order valence-electron chi connectivity index (χ1n) is 10.9. The minimum absolute atomic E-state index is 0.111. The second-order valence-electron chi connectivity index (χ2n) is 7.91. The Morgan fingerprint density at radius 1 is 1.21 bits per heavy atom. The van der Waals surface area contributed by atoms with Crippen molar-refractivity contribution in [3.05, 3.63) is 101 Å². The van der Waals surface area contributed by atoms with Gasteiger partial charge in [-0.05, 0) is 42.5 Å². The quantitative estimate of drug-likeness (QED) is 0.451. The molecular weight excluding hydrogens is 448 g/mol. The molecule has 1 N–H and O–H groups in total. The van der Waals surface area contributed by atoms with E-state index >= 15 is 0 Å². The first-order valence-corrected chi connectivity index (χ1v) is 11.8. The van der Waals surface area contributed by atoms with Crippen molar-refractivity contribution in [1.82, 2.24) is 15.2 Å². The van der Waals surface area contributed by atoms with E-state index in [1.807, 2.05) is 66.6 Å². The number of amidine groups is 1. The molecule has 1 aromatic heterocycles. The molecule has 4 rings (SSSR count). The molecule has 34 heavy (non-hydrogen) atoms. The summed E-state index contributed by atoms with van der Waals surface area (Å²) in [6.45, 7) is 7.92. The topological polar surface area (TPSA) is 83.9 Å². The Kier molecular flexibility index (Phi) is 7.27. The van der Waals surface area contributed by atoms with Gasteiger partial charge in [-0.3, -0.25) is 9.78 Å². The molecule has 7 nitrogen and oxygen atoms in total. The van der Waals surface area contributed by atoms with E-state index in [0.717, 1.165) is 27.7 Å². The summed E-state index contributed by atoms with van der Waals surface area (Å²) in [5.41, 5.74) is 4.62. The number of nitrogens with zero attached hydrogens (tertiary/aromatic N) is 3. The number of pyridine rings is 1. The van der Waals surface area contributed by atoms with Crippen LogP contribution in [0, 0.1) is 6.92 Å². The van der Waals surface area contributed by atoms with Gasteiger partial charge in [-0.25, -0.2) is 9.79 Å². The Hall–Kier alpha value is -3.65. The molecule has 0 bridgehead atoms. The van der Waals surface area contributed by atoms with Crippen LogP contribution >= 0.6 is 11.8 Å². The van der Waals surface area contributed by atoms with Crippen molar-refractivity contribution in [2.24, 2.45) is 4.99 Å². The van der Waals surface area contributed by atoms with E-state index in [4.69, 9.17) is 4.74 Å². The molecule has 1 atom stereocenters. The number of nitrogens with one attached hydrogen (secondary N) is 1. The number of esters is 1. The zero-order valence-electron chi connectivity index (χ0n) is 19.2. The van der Waals surface area contributed by atoms with Crippen molar-refractivity contribution in [3.8, 4) is 0 Å². The lowest BCUT2D eigenvalue weighted by molar-refractivity contribution is -0.138. The second-order valence-corrected chi connectivity index (χ2v) is 8.75. The summed E-state index contributed by atoms with van der Waals surface area (Å²) in [5, 5.41) is 5.59. The summed E-state index contributed by atoms with van der Waals surface area (Å²) in [6, 6.07) is 13.1. The molecule has 1 amide bonds. The molecule has 2 aliphatic rings. The van der Waals surface area contributed by atoms with Crippen LogP contribution in [0.2, 0.25) is 0 Å². The number of hydrogen-bond acceptors (Lipinski definition) is 7. The number of amides is 1. The number of aryl methyl sites for hydroxylation is 1. The van der Waals surface area contributed by atoms with Crippen LogP contribution in [0.25, 0.3) is 0 Å². The van der Waals surface area contributed by atoms with Crippen molar-refractivity contribution < 1.29 is 14.3 Å². The summed E-state index contributed by atoms with van der Waals surface area (Å²) < 4.78 is 5.42. The number of allylic oxidation sites excluding steroid dienone is 1. The van der Waals surface area contributed by atoms with Gasteiger partial charge in [-0.2, -0.15) is 0 Å². The molecule has 0 saturated heterocycles. The van der Waals surface area contributed by atoms with E-state index in [2.05, 4.69) is 21.9 Å². The molecule has 2 aromatic rings. The number of ether oxygens (including phenoxy) is 1. The largest absolute Gasteiger partial charge is 0.458 e. The van der Waals surface area contributed by atoms with Gasteiger partial charge in [0, 0.05) is 11.9 Å². The third-order valence-corrected chi connectivity index (χ3v) is 6.46. The van der Waals surface area contributed by atoms with Gasteiger partial charge in [0.2, 0.25) is 5.91 Å². The second kappa shape index (κ2) is 10.5. The van der Waals surface area contributed by atoms with Gasteiger partial charge in [0.15, 0.2) is 5.17 Å². The van der Waals surface area contributed by atoms with Crippen LogP contribution in [0.15, 0.2) is 88.7 Å². The number of thioether (sulfide) groups is 1. The average Bonchev–Trinajstić information content (AvgIpc) is 3.23. The maximum absolute atomic E-state index is 13.1. The highest BCUT2D eigenvalue weighted by atomic mass is 32.2. The number of hydrogen-bond donors (Lipinski definition) is 1. The third-order valence-electron chi connectivity index (χ3n) is 5.57. The normalized spacial score (nSPS) is 17.0. The molecule has 0 aliphatic carbocycles. The first kappa shape index (κ1) is 23.5. The van der Waals surface area contributed by atoms with E-state index in [1.54, 1.807) is 6.20 Å². The van der Waals surface area contributed by atoms with Gasteiger partial charge in [0.1, 0.15) is 6.61 Å². The minimum atomic E-state index is -0.448. The zero-order chi connectivity index (χ0) is 24.1. The Balaban J connectivity index is 1.62. The number of fused-ring (bicyclic) bond motifs is 1. The van der Waals surface area contributed by atoms with Gasteiger partial charge < -0.3 is 15.0 Å². The van der Waals surface area contributed by atoms with E-state index in [-0.39, 0.29) is 18.9 Å². The molecule has 2 aliphatic heterocycles. The van der Waals surface area contributed by atoms with E-state index in [1.165, 1.54) is 17.8 Å². The molecule has 0 spiro atoms. The SMILES string of the molecule is C=CCOC(=O)C1=C(C)N=C2SC=C(CC(=O)NCc3ccccn3)N2[C@@H]1c1ccccc1C. The maximum atomic E-state index is 13.1. The van der Waals surface area contributed by atoms with Crippen molar-refractivity contribution in [3.63, 3.8) is 0 Å². The lowest BCUT2D eigenvalue weighted by Crippen LogP contribution is -2.38. The predicted octanol–water partition coefficient (Wildman–Crippen LogP) is 4.40. The summed E-state index contributed by atoms with van der Waals surface area (Å²) in [6.07, 6.45) is 3.38. The van der Waals surface area contributed by atoms with Gasteiger partial charge in [-0.15, -0.1) is 0 Å². The standard InChI is InChI=1S/C26H26N4O3S/c1-4-13-33-25(32)23-18(3)29-26-30(24(23)21-11-6-5-9-17(21)2)20(16-34-26)14-22(31)28-15-19-10-7-8-12-27-19/h4-12,16,24H,1,13-15H2,2-3H3,(H,28,31)/t24-/m1/s1. The van der Waals surface area contributed by atoms with Crippen LogP contribution in [0.1, 0.15) is 36.2 Å². The number of benzene rings is 1. The highest BCUT2D eigenvalue weighted by Gasteiger charge is 2.41. The van der Waals surface area contributed by atoms with E-state index in [0.29, 0.717) is 17.8 Å². The van der Waals surface area contributed by atoms with Crippen LogP contribution < -0.4 is 5.32 Å². The van der Waals surface area contributed by atoms with Gasteiger partial charge in [0.05, 0.1) is 36.0 Å². The van der Waals surface area contributed by atoms with Gasteiger partial charge in [0.25, 0.3) is 0 Å². The summed E-state index contributed by atoms with van der Waals surface area (Å²) in [5.74, 6) is -0.575. The van der Waals surface area contributed by atoms with Crippen molar-refractivity contribution in [2.45, 2.75) is 32.9 Å². The Morgan fingerprint density at radius 3 is 2.74 bits per heavy atom. The fourth-order valence-electron chi connectivity index (χ4n) is 3.95. The highest BCUT2D eigenvalue weighted by Crippen LogP contribution is 2.45. The molecule has 0 fully saturated rings. The molecule has 1 aromatic carbocycles. The molecule has 0 unspecified atom stereocenters. The van der Waals surface area contributed by atoms with Crippen LogP contribution in [0.5, 0.6) is 0 Å². The van der Waals surface area contributed by atoms with Crippen molar-refractivity contribution >= 4 is 28.8 Å². The summed E-state index contributed by atoms with van der Waals surface area (Å²) >= 11 is 1.45. The Bertz CT molecular complexity index is 1200. The number of aliphatic imine (C=N–C) groups is 1. The van der Waals surface area contributed by atoms with E-state index < -0.39 is 12.0 Å². The summed E-state index contributed by atoms with van der Waals surface area (Å²) in [7, 11) is 0. The van der Waals surface area contributed by atoms with Crippen LogP contribution in [-0.2, 0) is 20.9 Å². The van der Waals surface area contributed by atoms with Gasteiger partial charge in [-0.1, -0.05) is 54.7 Å². The highest BCUT2D eigenvalue weighted by molar-refractivity contribution is 8.16. The fourth-order valence-corrected chi connectivity index (χ4v) is 4.91. The van der Waals surface area contributed by atoms with E-state index in [9.17, 15) is 9.59 Å². The molecular formula is C26H26N4O3S. The van der Waals surface area contributed by atoms with Crippen LogP contribution in [0.4, 0.5) is 0 Å². The Labute approximate surface area is 203 Å². The smallest absolute Gasteiger partial charge is 0.338 e. The monoisotopic (exact) mass is 474 g/mol. The molecule has 8 heteroatoms. The maximum Gasteiger partial charge on any atom is 0.338 e. The third kappa shape index (κ3) is 4.97. The zero-order valence-corrected chi connectivity index (χ0v) is 20.0. The molecule has 0 saturated carbocycles. The van der Waals surface area contributed by atoms with Crippen LogP contribution in [-0.4, -0.2) is 33.5 Å². The molecule has 3 heterocycles. The van der Waals surface area contributed by atoms with Crippen molar-refractivity contribution in [2.75, 3.05) is 6.61 Å². The molecule has 174 valence electrons. The van der Waals surface area contributed by atoms with Gasteiger partial charge >= 0.3 is 5.97 Å². The van der Waals surface area contributed by atoms with Crippen molar-refractivity contribution in [1.29, 1.82) is 0 Å². The lowest BCUT2D eigenvalue weighted by atomic mass is 9.91. The average molecular weight is 475 g/mol. The fraction of sp³-hybridized carbons (Fsp3) is 0.231. The number of carbonyl (C=O) groups is 2. The number of aromatic nitrogens is 1. The molecule has 0 radical (unpaired) electrons. The Morgan fingerprint density at radius 2 is 2.00 bits per heavy atom. The first-order chi connectivity index (χ1) is 16.5. The number of rotatable bonds is 8. The summed E-state index contributed by atoms with van der Waals surface area (Å²) in [4.78, 5) is 36.8.